The van der Waals surface area contributed by atoms with Gasteiger partial charge in [0.2, 0.25) is 0 Å². The lowest BCUT2D eigenvalue weighted by atomic mass is 9.44. The summed E-state index contributed by atoms with van der Waals surface area (Å²) in [5.41, 5.74) is -4.05. The van der Waals surface area contributed by atoms with Gasteiger partial charge in [-0.2, -0.15) is 0 Å². The quantitative estimate of drug-likeness (QED) is 0.710. The van der Waals surface area contributed by atoms with Crippen molar-refractivity contribution in [1.82, 2.24) is 0 Å². The van der Waals surface area contributed by atoms with E-state index in [0.29, 0.717) is 32.1 Å². The van der Waals surface area contributed by atoms with Crippen molar-refractivity contribution in [2.75, 3.05) is 0 Å². The molecule has 0 aromatic heterocycles. The normalized spacial score (nSPS) is 48.8. The molecular weight excluding hydrogens is 375 g/mol. The summed E-state index contributed by atoms with van der Waals surface area (Å²) in [5.74, 6) is -1.35. The van der Waals surface area contributed by atoms with Crippen LogP contribution in [-0.4, -0.2) is 40.0 Å². The molecule has 0 heterocycles. The van der Waals surface area contributed by atoms with Crippen molar-refractivity contribution >= 4 is 17.5 Å². The van der Waals surface area contributed by atoms with Crippen LogP contribution in [0.15, 0.2) is 11.6 Å². The van der Waals surface area contributed by atoms with Crippen LogP contribution in [0.3, 0.4) is 0 Å². The number of hydrogen-bond acceptors (Lipinski definition) is 5. The standard InChI is InChI=1S/C23H31FO5/c1-13(25)22(29-14(2)26)10-8-17-18-6-5-15-11-16(27)7-9-20(15,3)23(18,24)19(28)12-21(17,22)4/h11,17-19,28H,5-10,12H2,1-4H3/t17?,18?,19?,20-,21-,22-,23-/m0/s1. The highest BCUT2D eigenvalue weighted by Gasteiger charge is 2.75. The Labute approximate surface area is 171 Å². The number of carbonyl (C=O) groups is 3. The van der Waals surface area contributed by atoms with Crippen LogP contribution < -0.4 is 0 Å². The molecule has 0 spiro atoms. The number of fused-ring (bicyclic) bond motifs is 5. The molecule has 3 saturated carbocycles. The molecule has 0 bridgehead atoms. The van der Waals surface area contributed by atoms with Crippen molar-refractivity contribution in [3.8, 4) is 0 Å². The number of ether oxygens (including phenoxy) is 1. The summed E-state index contributed by atoms with van der Waals surface area (Å²) in [4.78, 5) is 36.6. The summed E-state index contributed by atoms with van der Waals surface area (Å²) < 4.78 is 22.6. The minimum absolute atomic E-state index is 0.0287. The molecule has 29 heavy (non-hydrogen) atoms. The summed E-state index contributed by atoms with van der Waals surface area (Å²) in [6.45, 7) is 6.45. The zero-order chi connectivity index (χ0) is 21.4. The summed E-state index contributed by atoms with van der Waals surface area (Å²) in [6, 6.07) is 0. The number of aliphatic hydroxyl groups excluding tert-OH is 1. The number of rotatable bonds is 2. The van der Waals surface area contributed by atoms with Crippen LogP contribution in [0.2, 0.25) is 0 Å². The van der Waals surface area contributed by atoms with Crippen LogP contribution in [0.4, 0.5) is 4.39 Å². The van der Waals surface area contributed by atoms with E-state index < -0.39 is 40.1 Å². The lowest BCUT2D eigenvalue weighted by Crippen LogP contribution is -2.69. The first-order valence-corrected chi connectivity index (χ1v) is 10.7. The second-order valence-electron chi connectivity index (χ2n) is 10.1. The Balaban J connectivity index is 1.81. The van der Waals surface area contributed by atoms with E-state index in [4.69, 9.17) is 4.74 Å². The zero-order valence-corrected chi connectivity index (χ0v) is 17.7. The third-order valence-electron chi connectivity index (χ3n) is 9.05. The van der Waals surface area contributed by atoms with Gasteiger partial charge in [0.05, 0.1) is 6.10 Å². The van der Waals surface area contributed by atoms with Gasteiger partial charge in [0.25, 0.3) is 0 Å². The Bertz CT molecular complexity index is 820. The molecule has 6 heteroatoms. The van der Waals surface area contributed by atoms with Crippen LogP contribution >= 0.6 is 0 Å². The van der Waals surface area contributed by atoms with E-state index in [2.05, 4.69) is 0 Å². The smallest absolute Gasteiger partial charge is 0.303 e. The molecular formula is C23H31FO5. The summed E-state index contributed by atoms with van der Waals surface area (Å²) in [7, 11) is 0. The monoisotopic (exact) mass is 406 g/mol. The van der Waals surface area contributed by atoms with E-state index in [-0.39, 0.29) is 30.3 Å². The van der Waals surface area contributed by atoms with Gasteiger partial charge in [-0.15, -0.1) is 0 Å². The number of carbonyl (C=O) groups excluding carboxylic acids is 3. The summed E-state index contributed by atoms with van der Waals surface area (Å²) >= 11 is 0. The van der Waals surface area contributed by atoms with E-state index in [1.54, 1.807) is 6.08 Å². The number of ketones is 2. The molecule has 5 nitrogen and oxygen atoms in total. The maximum atomic E-state index is 17.0. The van der Waals surface area contributed by atoms with Gasteiger partial charge in [0.1, 0.15) is 5.67 Å². The lowest BCUT2D eigenvalue weighted by Gasteiger charge is -2.63. The third-order valence-corrected chi connectivity index (χ3v) is 9.05. The number of esters is 1. The van der Waals surface area contributed by atoms with Gasteiger partial charge in [-0.25, -0.2) is 4.39 Å². The van der Waals surface area contributed by atoms with Crippen molar-refractivity contribution in [1.29, 1.82) is 0 Å². The summed E-state index contributed by atoms with van der Waals surface area (Å²) in [5, 5.41) is 11.3. The highest BCUT2D eigenvalue weighted by Crippen LogP contribution is 2.70. The molecule has 3 unspecified atom stereocenters. The predicted octanol–water partition coefficient (Wildman–Crippen LogP) is 3.47. The van der Waals surface area contributed by atoms with Crippen molar-refractivity contribution in [2.45, 2.75) is 90.0 Å². The fraction of sp³-hybridized carbons (Fsp3) is 0.783. The minimum Gasteiger partial charge on any atom is -0.451 e. The van der Waals surface area contributed by atoms with Crippen LogP contribution in [0.25, 0.3) is 0 Å². The largest absolute Gasteiger partial charge is 0.451 e. The number of allylic oxidation sites excluding steroid dienone is 1. The molecule has 0 amide bonds. The van der Waals surface area contributed by atoms with Gasteiger partial charge < -0.3 is 9.84 Å². The molecule has 0 aromatic carbocycles. The second-order valence-corrected chi connectivity index (χ2v) is 10.1. The molecule has 0 aliphatic heterocycles. The first kappa shape index (κ1) is 20.7. The van der Waals surface area contributed by atoms with Crippen molar-refractivity contribution in [3.05, 3.63) is 11.6 Å². The highest BCUT2D eigenvalue weighted by atomic mass is 19.1. The van der Waals surface area contributed by atoms with Gasteiger partial charge in [0, 0.05) is 30.1 Å². The average Bonchev–Trinajstić information content (AvgIpc) is 2.90. The first-order chi connectivity index (χ1) is 13.4. The van der Waals surface area contributed by atoms with Crippen molar-refractivity contribution in [3.63, 3.8) is 0 Å². The Hall–Kier alpha value is -1.56. The lowest BCUT2D eigenvalue weighted by molar-refractivity contribution is -0.231. The Kier molecular flexibility index (Phi) is 4.44. The Morgan fingerprint density at radius 3 is 2.45 bits per heavy atom. The van der Waals surface area contributed by atoms with Crippen molar-refractivity contribution < 1.29 is 28.6 Å². The third kappa shape index (κ3) is 2.38. The SMILES string of the molecule is CC(=O)O[C@]1(C(C)=O)CCC2C3CCC4=CC(=O)CC[C@]4(C)[C@@]3(F)C(O)C[C@@]21C. The number of Topliss-reactive ketones (excluding diaryl/α,β-unsaturated/α-hetero) is 1. The van der Waals surface area contributed by atoms with Gasteiger partial charge >= 0.3 is 5.97 Å². The predicted molar refractivity (Wildman–Crippen MR) is 104 cm³/mol. The molecule has 0 aromatic rings. The van der Waals surface area contributed by atoms with Crippen LogP contribution in [0.5, 0.6) is 0 Å². The van der Waals surface area contributed by atoms with E-state index in [1.165, 1.54) is 13.8 Å². The molecule has 0 radical (unpaired) electrons. The molecule has 4 aliphatic rings. The average molecular weight is 406 g/mol. The topological polar surface area (TPSA) is 80.7 Å². The highest BCUT2D eigenvalue weighted by molar-refractivity contribution is 5.92. The number of aliphatic hydroxyl groups is 1. The molecule has 160 valence electrons. The van der Waals surface area contributed by atoms with Gasteiger partial charge in [-0.3, -0.25) is 14.4 Å². The van der Waals surface area contributed by atoms with E-state index >= 15 is 4.39 Å². The van der Waals surface area contributed by atoms with Crippen LogP contribution in [0, 0.1) is 22.7 Å². The molecule has 4 aliphatic carbocycles. The van der Waals surface area contributed by atoms with Crippen molar-refractivity contribution in [2.24, 2.45) is 22.7 Å². The number of alkyl halides is 1. The minimum atomic E-state index is -1.86. The molecule has 4 rings (SSSR count). The van der Waals surface area contributed by atoms with Gasteiger partial charge in [-0.1, -0.05) is 19.4 Å². The molecule has 3 fully saturated rings. The van der Waals surface area contributed by atoms with Crippen LogP contribution in [-0.2, 0) is 19.1 Å². The second kappa shape index (κ2) is 6.22. The molecule has 7 atom stereocenters. The number of hydrogen-bond donors (Lipinski definition) is 1. The number of halogens is 1. The van der Waals surface area contributed by atoms with Gasteiger partial charge in [0.15, 0.2) is 17.2 Å². The fourth-order valence-corrected chi connectivity index (χ4v) is 7.62. The molecule has 1 N–H and O–H groups in total. The first-order valence-electron chi connectivity index (χ1n) is 10.7. The van der Waals surface area contributed by atoms with E-state index in [0.717, 1.165) is 5.57 Å². The Morgan fingerprint density at radius 1 is 1.14 bits per heavy atom. The molecule has 0 saturated heterocycles. The zero-order valence-electron chi connectivity index (χ0n) is 17.7. The summed E-state index contributed by atoms with van der Waals surface area (Å²) in [6.07, 6.45) is 3.15. The maximum Gasteiger partial charge on any atom is 0.303 e. The van der Waals surface area contributed by atoms with Gasteiger partial charge in [-0.05, 0) is 57.4 Å². The van der Waals surface area contributed by atoms with E-state index in [9.17, 15) is 19.5 Å². The maximum absolute atomic E-state index is 17.0. The fourth-order valence-electron chi connectivity index (χ4n) is 7.62. The van der Waals surface area contributed by atoms with Crippen LogP contribution in [0.1, 0.15) is 72.6 Å². The van der Waals surface area contributed by atoms with E-state index in [1.807, 2.05) is 13.8 Å². The Morgan fingerprint density at radius 2 is 1.83 bits per heavy atom.